The van der Waals surface area contributed by atoms with Gasteiger partial charge in [-0.2, -0.15) is 0 Å². The fourth-order valence-corrected chi connectivity index (χ4v) is 15.1. The Bertz CT molecular complexity index is 3520. The van der Waals surface area contributed by atoms with Crippen LogP contribution in [0.1, 0.15) is 77.9 Å². The molecule has 0 aliphatic carbocycles. The van der Waals surface area contributed by atoms with E-state index in [1.165, 1.54) is 144 Å². The van der Waals surface area contributed by atoms with Crippen molar-refractivity contribution in [1.82, 2.24) is 0 Å². The molecule has 0 saturated heterocycles. The van der Waals surface area contributed by atoms with Gasteiger partial charge in [0, 0.05) is 34.0 Å². The first-order valence-corrected chi connectivity index (χ1v) is 26.7. The first-order valence-electron chi connectivity index (χ1n) is 26.7. The Labute approximate surface area is 440 Å². The van der Waals surface area contributed by atoms with Crippen molar-refractivity contribution in [1.29, 1.82) is 0 Å². The smallest absolute Gasteiger partial charge is 0.362 e. The summed E-state index contributed by atoms with van der Waals surface area (Å²) in [7, 11) is 0. The van der Waals surface area contributed by atoms with Gasteiger partial charge in [0.15, 0.2) is 11.4 Å². The molecule has 2 heterocycles. The SMILES string of the molecule is Cc1cc(C)c([B-]2(c3c(C)cc(C)cc3C)c3ccccc3C=[N+]2c2cccc3ccccc23)c(C)c1.Cc1cc(C)c([B-]2(c3c(C)cc(C)cc3C)c3ccccc3C=[N+]2c2cccc3ccccc23)c(C)c1. The Balaban J connectivity index is 0.000000159. The number of benzene rings is 10. The van der Waals surface area contributed by atoms with Crippen LogP contribution in [-0.4, -0.2) is 34.0 Å². The molecular formula is C70H68B2N2. The molecule has 2 aliphatic rings. The van der Waals surface area contributed by atoms with Gasteiger partial charge in [0.1, 0.15) is 12.4 Å². The molecule has 0 bridgehead atoms. The van der Waals surface area contributed by atoms with Gasteiger partial charge in [-0.1, -0.05) is 224 Å². The van der Waals surface area contributed by atoms with Crippen molar-refractivity contribution >= 4 is 90.7 Å². The molecule has 10 aromatic carbocycles. The topological polar surface area (TPSA) is 6.02 Å². The highest BCUT2D eigenvalue weighted by Gasteiger charge is 2.53. The molecule has 10 aromatic rings. The van der Waals surface area contributed by atoms with Gasteiger partial charge in [0.25, 0.3) is 0 Å². The van der Waals surface area contributed by atoms with E-state index in [1.807, 2.05) is 0 Å². The van der Waals surface area contributed by atoms with Crippen molar-refractivity contribution in [3.63, 3.8) is 0 Å². The fourth-order valence-electron chi connectivity index (χ4n) is 15.1. The largest absolute Gasteiger partial charge is 0.408 e. The van der Waals surface area contributed by atoms with Crippen molar-refractivity contribution < 1.29 is 8.97 Å². The maximum atomic E-state index is 2.64. The van der Waals surface area contributed by atoms with E-state index in [-0.39, 0.29) is 0 Å². The number of aryl methyl sites for hydroxylation is 12. The average molecular weight is 959 g/mol. The molecule has 0 radical (unpaired) electrons. The molecule has 0 amide bonds. The van der Waals surface area contributed by atoms with Gasteiger partial charge in [0.2, 0.25) is 0 Å². The van der Waals surface area contributed by atoms with Crippen LogP contribution in [0.2, 0.25) is 0 Å². The minimum Gasteiger partial charge on any atom is -0.408 e. The second-order valence-electron chi connectivity index (χ2n) is 22.2. The van der Waals surface area contributed by atoms with Crippen LogP contribution in [-0.2, 0) is 0 Å². The van der Waals surface area contributed by atoms with E-state index in [9.17, 15) is 0 Å². The van der Waals surface area contributed by atoms with E-state index >= 15 is 0 Å². The lowest BCUT2D eigenvalue weighted by atomic mass is 9.22. The minimum atomic E-state index is -1.51. The van der Waals surface area contributed by atoms with Crippen LogP contribution in [0.25, 0.3) is 21.5 Å². The van der Waals surface area contributed by atoms with E-state index in [0.29, 0.717) is 0 Å². The summed E-state index contributed by atoms with van der Waals surface area (Å²) in [4.78, 5) is 0. The van der Waals surface area contributed by atoms with Crippen LogP contribution in [0.3, 0.4) is 0 Å². The molecule has 0 aromatic heterocycles. The Kier molecular flexibility index (Phi) is 12.2. The van der Waals surface area contributed by atoms with Gasteiger partial charge in [-0.15, -0.1) is 32.8 Å². The standard InChI is InChI=1S/2C35H34BN/c2*1-23-18-25(3)34(26(4)19-23)36(35-27(5)20-24(2)21-28(35)6)32-16-10-8-13-30(32)22-37(36)33-17-11-14-29-12-7-9-15-31(29)33/h2*7-22H,1-6H3. The van der Waals surface area contributed by atoms with Gasteiger partial charge in [0.05, 0.1) is 0 Å². The third-order valence-electron chi connectivity index (χ3n) is 17.0. The van der Waals surface area contributed by atoms with Crippen LogP contribution in [0, 0.1) is 83.1 Å². The number of fused-ring (bicyclic) bond motifs is 4. The van der Waals surface area contributed by atoms with Crippen LogP contribution < -0.4 is 32.8 Å². The molecule has 2 nitrogen and oxygen atoms in total. The lowest BCUT2D eigenvalue weighted by Crippen LogP contribution is -2.74. The van der Waals surface area contributed by atoms with Gasteiger partial charge >= 0.3 is 12.6 Å². The highest BCUT2D eigenvalue weighted by molar-refractivity contribution is 7.09. The highest BCUT2D eigenvalue weighted by atomic mass is 15.0. The van der Waals surface area contributed by atoms with E-state index in [4.69, 9.17) is 0 Å². The Morgan fingerprint density at radius 3 is 0.838 bits per heavy atom. The van der Waals surface area contributed by atoms with E-state index in [2.05, 4.69) is 286 Å². The molecule has 12 rings (SSSR count). The van der Waals surface area contributed by atoms with Crippen molar-refractivity contribution in [3.05, 3.63) is 260 Å². The fraction of sp³-hybridized carbons (Fsp3) is 0.171. The van der Waals surface area contributed by atoms with Crippen LogP contribution in [0.5, 0.6) is 0 Å². The zero-order valence-electron chi connectivity index (χ0n) is 45.5. The number of hydrogen-bond acceptors (Lipinski definition) is 0. The summed E-state index contributed by atoms with van der Waals surface area (Å²) >= 11 is 0. The van der Waals surface area contributed by atoms with Crippen LogP contribution in [0.4, 0.5) is 11.4 Å². The maximum Gasteiger partial charge on any atom is 0.362 e. The van der Waals surface area contributed by atoms with Gasteiger partial charge in [-0.05, 0) is 106 Å². The Morgan fingerprint density at radius 2 is 0.527 bits per heavy atom. The molecule has 2 aliphatic heterocycles. The average Bonchev–Trinajstić information content (AvgIpc) is 3.87. The maximum absolute atomic E-state index is 2.64. The second-order valence-corrected chi connectivity index (χ2v) is 22.2. The predicted octanol–water partition coefficient (Wildman–Crippen LogP) is 12.9. The minimum absolute atomic E-state index is 1.26. The first kappa shape index (κ1) is 48.5. The molecule has 0 atom stereocenters. The summed E-state index contributed by atoms with van der Waals surface area (Å²) in [5, 5.41) is 5.10. The predicted molar refractivity (Wildman–Crippen MR) is 323 cm³/mol. The summed E-state index contributed by atoms with van der Waals surface area (Å²) in [6.07, 6.45) is 1.81. The summed E-state index contributed by atoms with van der Waals surface area (Å²) in [6, 6.07) is 68.1. The molecule has 0 N–H and O–H groups in total. The monoisotopic (exact) mass is 959 g/mol. The van der Waals surface area contributed by atoms with Crippen molar-refractivity contribution in [2.45, 2.75) is 83.1 Å². The summed E-state index contributed by atoms with van der Waals surface area (Å²) in [5.74, 6) is 0. The molecule has 0 unspecified atom stereocenters. The third-order valence-corrected chi connectivity index (χ3v) is 17.0. The lowest BCUT2D eigenvalue weighted by molar-refractivity contribution is -0.277. The lowest BCUT2D eigenvalue weighted by Gasteiger charge is -2.41. The summed E-state index contributed by atoms with van der Waals surface area (Å²) < 4.78 is 5.28. The number of rotatable bonds is 6. The number of hydrogen-bond donors (Lipinski definition) is 0. The third kappa shape index (κ3) is 7.55. The zero-order chi connectivity index (χ0) is 51.8. The molecule has 0 spiro atoms. The number of nitrogens with zero attached hydrogens (tertiary/aromatic N) is 2. The Morgan fingerprint density at radius 1 is 0.270 bits per heavy atom. The molecular weight excluding hydrogens is 890 g/mol. The van der Waals surface area contributed by atoms with Crippen molar-refractivity contribution in [2.75, 3.05) is 0 Å². The summed E-state index contributed by atoms with van der Waals surface area (Å²) in [6.45, 7) is 27.3. The van der Waals surface area contributed by atoms with Crippen LogP contribution in [0.15, 0.2) is 182 Å². The summed E-state index contributed by atoms with van der Waals surface area (Å²) in [5.41, 5.74) is 29.8. The van der Waals surface area contributed by atoms with E-state index < -0.39 is 12.6 Å². The van der Waals surface area contributed by atoms with Crippen molar-refractivity contribution in [2.24, 2.45) is 0 Å². The van der Waals surface area contributed by atoms with Crippen LogP contribution >= 0.6 is 0 Å². The molecule has 0 fully saturated rings. The molecule has 364 valence electrons. The first-order chi connectivity index (χ1) is 35.6. The molecule has 4 heteroatoms. The highest BCUT2D eigenvalue weighted by Crippen LogP contribution is 2.36. The normalized spacial score (nSPS) is 14.1. The van der Waals surface area contributed by atoms with Gasteiger partial charge in [-0.3, -0.25) is 0 Å². The molecule has 74 heavy (non-hydrogen) atoms. The zero-order valence-corrected chi connectivity index (χ0v) is 45.5. The second kappa shape index (κ2) is 18.6. The van der Waals surface area contributed by atoms with E-state index in [1.54, 1.807) is 0 Å². The van der Waals surface area contributed by atoms with Gasteiger partial charge < -0.3 is 8.97 Å². The Hall–Kier alpha value is -7.81. The van der Waals surface area contributed by atoms with E-state index in [0.717, 1.165) is 0 Å². The molecule has 0 saturated carbocycles. The van der Waals surface area contributed by atoms with Crippen molar-refractivity contribution in [3.8, 4) is 0 Å². The quantitative estimate of drug-likeness (QED) is 0.147. The van der Waals surface area contributed by atoms with Gasteiger partial charge in [-0.25, -0.2) is 0 Å².